The van der Waals surface area contributed by atoms with Crippen molar-refractivity contribution in [3.8, 4) is 0 Å². The lowest BCUT2D eigenvalue weighted by molar-refractivity contribution is -0.134. The van der Waals surface area contributed by atoms with E-state index in [4.69, 9.17) is 0 Å². The van der Waals surface area contributed by atoms with E-state index >= 15 is 0 Å². The summed E-state index contributed by atoms with van der Waals surface area (Å²) in [7, 11) is 0. The normalized spacial score (nSPS) is 47.5. The van der Waals surface area contributed by atoms with Crippen LogP contribution in [0.15, 0.2) is 0 Å². The highest BCUT2D eigenvalue weighted by Gasteiger charge is 2.62. The van der Waals surface area contributed by atoms with E-state index in [1.54, 1.807) is 0 Å². The van der Waals surface area contributed by atoms with E-state index in [9.17, 15) is 4.79 Å². The molecular formula is C11H19NO. The fourth-order valence-electron chi connectivity index (χ4n) is 3.05. The maximum Gasteiger partial charge on any atom is 0.221 e. The summed E-state index contributed by atoms with van der Waals surface area (Å²) in [5, 5.41) is 3.16. The second-order valence-corrected chi connectivity index (χ2v) is 5.74. The maximum absolute atomic E-state index is 11.5. The molecule has 2 unspecified atom stereocenters. The first-order valence-electron chi connectivity index (χ1n) is 5.12. The fraction of sp³-hybridized carbons (Fsp3) is 0.909. The summed E-state index contributed by atoms with van der Waals surface area (Å²) in [6.07, 6.45) is 3.01. The summed E-state index contributed by atoms with van der Waals surface area (Å²) in [5.41, 5.74) is 0.467. The molecule has 74 valence electrons. The molecule has 1 saturated heterocycles. The van der Waals surface area contributed by atoms with E-state index in [0.717, 1.165) is 6.42 Å². The van der Waals surface area contributed by atoms with E-state index in [0.29, 0.717) is 6.42 Å². The van der Waals surface area contributed by atoms with Crippen LogP contribution in [0.2, 0.25) is 0 Å². The van der Waals surface area contributed by atoms with Crippen LogP contribution >= 0.6 is 0 Å². The minimum atomic E-state index is 0.0249. The Bertz CT molecular complexity index is 247. The molecule has 2 aliphatic rings. The van der Waals surface area contributed by atoms with E-state index in [1.807, 2.05) is 0 Å². The summed E-state index contributed by atoms with van der Waals surface area (Å²) in [4.78, 5) is 11.5. The van der Waals surface area contributed by atoms with Crippen LogP contribution in [0.5, 0.6) is 0 Å². The molecule has 0 aromatic carbocycles. The average Bonchev–Trinajstić information content (AvgIpc) is 2.15. The molecule has 2 heteroatoms. The van der Waals surface area contributed by atoms with Crippen molar-refractivity contribution in [3.05, 3.63) is 0 Å². The first-order valence-corrected chi connectivity index (χ1v) is 5.12. The standard InChI is InChI=1S/C11H19NO/c1-9(2)10(3)5-6-11(9,4)12-8(13)7-10/h5-7H2,1-4H3,(H,12,13). The Hall–Kier alpha value is -0.530. The van der Waals surface area contributed by atoms with Gasteiger partial charge in [-0.2, -0.15) is 0 Å². The lowest BCUT2D eigenvalue weighted by Gasteiger charge is -2.51. The van der Waals surface area contributed by atoms with Crippen molar-refractivity contribution in [2.75, 3.05) is 0 Å². The van der Waals surface area contributed by atoms with Gasteiger partial charge in [0.2, 0.25) is 5.91 Å². The Morgan fingerprint density at radius 2 is 1.77 bits per heavy atom. The van der Waals surface area contributed by atoms with Gasteiger partial charge in [-0.15, -0.1) is 0 Å². The highest BCUT2D eigenvalue weighted by atomic mass is 16.1. The van der Waals surface area contributed by atoms with Gasteiger partial charge in [0.1, 0.15) is 0 Å². The number of carbonyl (C=O) groups excluding carboxylic acids is 1. The second kappa shape index (κ2) is 2.10. The van der Waals surface area contributed by atoms with Crippen molar-refractivity contribution in [2.45, 2.75) is 52.5 Å². The SMILES string of the molecule is CC12CCC(C)(NC(=O)C1)C2(C)C. The van der Waals surface area contributed by atoms with Crippen LogP contribution in [0, 0.1) is 10.8 Å². The first-order chi connectivity index (χ1) is 5.81. The topological polar surface area (TPSA) is 29.1 Å². The van der Waals surface area contributed by atoms with Crippen molar-refractivity contribution in [3.63, 3.8) is 0 Å². The zero-order chi connectivity index (χ0) is 9.91. The highest BCUT2D eigenvalue weighted by molar-refractivity contribution is 5.79. The van der Waals surface area contributed by atoms with Crippen molar-refractivity contribution in [1.29, 1.82) is 0 Å². The van der Waals surface area contributed by atoms with Gasteiger partial charge < -0.3 is 5.32 Å². The van der Waals surface area contributed by atoms with Gasteiger partial charge in [-0.1, -0.05) is 20.8 Å². The van der Waals surface area contributed by atoms with E-state index in [2.05, 4.69) is 33.0 Å². The summed E-state index contributed by atoms with van der Waals surface area (Å²) in [6.45, 7) is 9.03. The number of hydrogen-bond donors (Lipinski definition) is 1. The molecule has 2 bridgehead atoms. The molecule has 0 radical (unpaired) electrons. The van der Waals surface area contributed by atoms with Crippen LogP contribution in [0.25, 0.3) is 0 Å². The van der Waals surface area contributed by atoms with Crippen LogP contribution in [-0.4, -0.2) is 11.4 Å². The Morgan fingerprint density at radius 3 is 2.31 bits per heavy atom. The molecule has 1 aliphatic heterocycles. The van der Waals surface area contributed by atoms with E-state index < -0.39 is 0 Å². The van der Waals surface area contributed by atoms with Crippen molar-refractivity contribution >= 4 is 5.91 Å². The number of hydrogen-bond acceptors (Lipinski definition) is 1. The number of fused-ring (bicyclic) bond motifs is 2. The van der Waals surface area contributed by atoms with Gasteiger partial charge in [0.15, 0.2) is 0 Å². The quantitative estimate of drug-likeness (QED) is 0.609. The van der Waals surface area contributed by atoms with Crippen molar-refractivity contribution in [1.82, 2.24) is 5.32 Å². The first kappa shape index (κ1) is 9.04. The Balaban J connectivity index is 2.48. The Kier molecular flexibility index (Phi) is 1.46. The van der Waals surface area contributed by atoms with Gasteiger partial charge in [-0.25, -0.2) is 0 Å². The molecule has 2 rings (SSSR count). The van der Waals surface area contributed by atoms with Crippen LogP contribution < -0.4 is 5.32 Å². The average molecular weight is 181 g/mol. The number of carbonyl (C=O) groups is 1. The minimum Gasteiger partial charge on any atom is -0.350 e. The van der Waals surface area contributed by atoms with Crippen molar-refractivity contribution in [2.24, 2.45) is 10.8 Å². The third kappa shape index (κ3) is 0.866. The van der Waals surface area contributed by atoms with Gasteiger partial charge in [0, 0.05) is 12.0 Å². The molecule has 1 heterocycles. The fourth-order valence-corrected chi connectivity index (χ4v) is 3.05. The van der Waals surface area contributed by atoms with Gasteiger partial charge >= 0.3 is 0 Å². The van der Waals surface area contributed by atoms with Crippen LogP contribution in [-0.2, 0) is 4.79 Å². The maximum atomic E-state index is 11.5. The summed E-state index contributed by atoms with van der Waals surface area (Å²) in [5.74, 6) is 0.238. The molecule has 2 atom stereocenters. The van der Waals surface area contributed by atoms with Crippen molar-refractivity contribution < 1.29 is 4.79 Å². The predicted molar refractivity (Wildman–Crippen MR) is 52.3 cm³/mol. The number of nitrogens with one attached hydrogen (secondary N) is 1. The second-order valence-electron chi connectivity index (χ2n) is 5.74. The third-order valence-electron chi connectivity index (χ3n) is 5.03. The molecule has 0 spiro atoms. The Morgan fingerprint density at radius 1 is 1.15 bits per heavy atom. The van der Waals surface area contributed by atoms with E-state index in [1.165, 1.54) is 6.42 Å². The van der Waals surface area contributed by atoms with Crippen LogP contribution in [0.3, 0.4) is 0 Å². The lowest BCUT2D eigenvalue weighted by Crippen LogP contribution is -2.61. The molecular weight excluding hydrogens is 162 g/mol. The lowest BCUT2D eigenvalue weighted by atomic mass is 9.59. The van der Waals surface area contributed by atoms with Crippen LogP contribution in [0.1, 0.15) is 47.0 Å². The van der Waals surface area contributed by atoms with Gasteiger partial charge in [0.25, 0.3) is 0 Å². The zero-order valence-electron chi connectivity index (χ0n) is 9.03. The molecule has 0 aromatic rings. The summed E-state index contributed by atoms with van der Waals surface area (Å²) in [6, 6.07) is 0. The molecule has 1 aliphatic carbocycles. The molecule has 1 amide bonds. The van der Waals surface area contributed by atoms with Crippen LogP contribution in [0.4, 0.5) is 0 Å². The minimum absolute atomic E-state index is 0.0249. The van der Waals surface area contributed by atoms with E-state index in [-0.39, 0.29) is 22.3 Å². The molecule has 0 aromatic heterocycles. The molecule has 2 nitrogen and oxygen atoms in total. The predicted octanol–water partition coefficient (Wildman–Crippen LogP) is 2.09. The molecule has 1 saturated carbocycles. The van der Waals surface area contributed by atoms with Gasteiger partial charge in [-0.05, 0) is 30.6 Å². The monoisotopic (exact) mass is 181 g/mol. The summed E-state index contributed by atoms with van der Waals surface area (Å²) >= 11 is 0. The number of rotatable bonds is 0. The third-order valence-corrected chi connectivity index (χ3v) is 5.03. The number of piperidine rings is 1. The largest absolute Gasteiger partial charge is 0.350 e. The zero-order valence-corrected chi connectivity index (χ0v) is 9.03. The number of amides is 1. The summed E-state index contributed by atoms with van der Waals surface area (Å²) < 4.78 is 0. The van der Waals surface area contributed by atoms with Gasteiger partial charge in [0.05, 0.1) is 0 Å². The molecule has 13 heavy (non-hydrogen) atoms. The molecule has 1 N–H and O–H groups in total. The highest BCUT2D eigenvalue weighted by Crippen LogP contribution is 2.61. The molecule has 2 fully saturated rings. The van der Waals surface area contributed by atoms with Gasteiger partial charge in [-0.3, -0.25) is 4.79 Å². The smallest absolute Gasteiger partial charge is 0.221 e. The Labute approximate surface area is 80.1 Å².